The summed E-state index contributed by atoms with van der Waals surface area (Å²) in [5.41, 5.74) is 0.887. The number of methoxy groups -OCH3 is 1. The van der Waals surface area contributed by atoms with Crippen LogP contribution in [0.2, 0.25) is 0 Å². The first kappa shape index (κ1) is 14.0. The van der Waals surface area contributed by atoms with Crippen molar-refractivity contribution in [1.29, 1.82) is 0 Å². The second kappa shape index (κ2) is 6.68. The van der Waals surface area contributed by atoms with Crippen LogP contribution in [0, 0.1) is 0 Å². The van der Waals surface area contributed by atoms with Crippen molar-refractivity contribution in [1.82, 2.24) is 15.5 Å². The first-order chi connectivity index (χ1) is 9.24. The molecule has 1 aromatic carbocycles. The van der Waals surface area contributed by atoms with Crippen molar-refractivity contribution in [2.24, 2.45) is 0 Å². The van der Waals surface area contributed by atoms with E-state index in [1.165, 1.54) is 0 Å². The summed E-state index contributed by atoms with van der Waals surface area (Å²) in [6, 6.07) is 5.68. The van der Waals surface area contributed by atoms with Gasteiger partial charge in [-0.2, -0.15) is 4.98 Å². The van der Waals surface area contributed by atoms with Crippen molar-refractivity contribution in [2.45, 2.75) is 19.9 Å². The number of nitrogens with zero attached hydrogens (tertiary/aromatic N) is 2. The van der Waals surface area contributed by atoms with Crippen LogP contribution in [-0.4, -0.2) is 23.8 Å². The fourth-order valence-electron chi connectivity index (χ4n) is 1.62. The summed E-state index contributed by atoms with van der Waals surface area (Å²) in [6.07, 6.45) is 1.08. The third kappa shape index (κ3) is 3.54. The van der Waals surface area contributed by atoms with E-state index in [1.54, 1.807) is 7.11 Å². The van der Waals surface area contributed by atoms with Gasteiger partial charge < -0.3 is 14.6 Å². The minimum absolute atomic E-state index is 0.580. The van der Waals surface area contributed by atoms with Gasteiger partial charge in [-0.05, 0) is 47.1 Å². The van der Waals surface area contributed by atoms with Crippen LogP contribution in [0.4, 0.5) is 0 Å². The largest absolute Gasteiger partial charge is 0.496 e. The second-order valence-corrected chi connectivity index (χ2v) is 4.89. The van der Waals surface area contributed by atoms with Crippen LogP contribution in [0.3, 0.4) is 0 Å². The smallest absolute Gasteiger partial charge is 0.240 e. The van der Waals surface area contributed by atoms with Crippen molar-refractivity contribution < 1.29 is 9.26 Å². The standard InChI is InChI=1S/C13H16BrN3O2/c1-3-6-15-8-12-16-13(17-19-12)9-4-5-11(18-2)10(14)7-9/h4-5,7,15H,3,6,8H2,1-2H3. The van der Waals surface area contributed by atoms with Gasteiger partial charge in [0.05, 0.1) is 18.1 Å². The minimum atomic E-state index is 0.580. The highest BCUT2D eigenvalue weighted by Gasteiger charge is 2.10. The zero-order chi connectivity index (χ0) is 13.7. The Kier molecular flexibility index (Phi) is 4.93. The number of benzene rings is 1. The molecule has 0 atom stereocenters. The molecule has 0 aliphatic heterocycles. The second-order valence-electron chi connectivity index (χ2n) is 4.04. The van der Waals surface area contributed by atoms with Crippen molar-refractivity contribution in [3.63, 3.8) is 0 Å². The molecule has 0 amide bonds. The molecule has 5 nitrogen and oxygen atoms in total. The van der Waals surface area contributed by atoms with Gasteiger partial charge >= 0.3 is 0 Å². The van der Waals surface area contributed by atoms with Crippen LogP contribution in [-0.2, 0) is 6.54 Å². The van der Waals surface area contributed by atoms with Crippen LogP contribution in [0.5, 0.6) is 5.75 Å². The Morgan fingerprint density at radius 1 is 1.42 bits per heavy atom. The van der Waals surface area contributed by atoms with E-state index in [-0.39, 0.29) is 0 Å². The molecule has 19 heavy (non-hydrogen) atoms. The van der Waals surface area contributed by atoms with Crippen LogP contribution in [0.1, 0.15) is 19.2 Å². The zero-order valence-electron chi connectivity index (χ0n) is 10.9. The molecule has 2 aromatic rings. The van der Waals surface area contributed by atoms with Crippen molar-refractivity contribution in [3.8, 4) is 17.1 Å². The fourth-order valence-corrected chi connectivity index (χ4v) is 2.16. The van der Waals surface area contributed by atoms with Crippen LogP contribution in [0.15, 0.2) is 27.2 Å². The van der Waals surface area contributed by atoms with Gasteiger partial charge in [0.25, 0.3) is 0 Å². The van der Waals surface area contributed by atoms with Gasteiger partial charge in [0, 0.05) is 5.56 Å². The van der Waals surface area contributed by atoms with Crippen molar-refractivity contribution in [3.05, 3.63) is 28.6 Å². The highest BCUT2D eigenvalue weighted by Crippen LogP contribution is 2.29. The lowest BCUT2D eigenvalue weighted by molar-refractivity contribution is 0.368. The monoisotopic (exact) mass is 325 g/mol. The number of ether oxygens (including phenoxy) is 1. The van der Waals surface area contributed by atoms with Crippen LogP contribution in [0.25, 0.3) is 11.4 Å². The van der Waals surface area contributed by atoms with Crippen LogP contribution >= 0.6 is 15.9 Å². The molecule has 0 fully saturated rings. The molecule has 0 aliphatic rings. The molecule has 6 heteroatoms. The predicted molar refractivity (Wildman–Crippen MR) is 76.0 cm³/mol. The van der Waals surface area contributed by atoms with E-state index >= 15 is 0 Å². The number of hydrogen-bond acceptors (Lipinski definition) is 5. The quantitative estimate of drug-likeness (QED) is 0.827. The lowest BCUT2D eigenvalue weighted by Gasteiger charge is -2.03. The average molecular weight is 326 g/mol. The Morgan fingerprint density at radius 2 is 2.26 bits per heavy atom. The van der Waals surface area contributed by atoms with Gasteiger partial charge in [-0.3, -0.25) is 0 Å². The predicted octanol–water partition coefficient (Wildman–Crippen LogP) is 3.01. The molecular weight excluding hydrogens is 310 g/mol. The highest BCUT2D eigenvalue weighted by atomic mass is 79.9. The van der Waals surface area contributed by atoms with E-state index in [4.69, 9.17) is 9.26 Å². The third-order valence-corrected chi connectivity index (χ3v) is 3.20. The van der Waals surface area contributed by atoms with Crippen LogP contribution < -0.4 is 10.1 Å². The molecule has 0 aliphatic carbocycles. The lowest BCUT2D eigenvalue weighted by atomic mass is 10.2. The third-order valence-electron chi connectivity index (χ3n) is 2.58. The molecule has 0 bridgehead atoms. The van der Waals surface area contributed by atoms with E-state index < -0.39 is 0 Å². The summed E-state index contributed by atoms with van der Waals surface area (Å²) in [5.74, 6) is 1.95. The number of rotatable bonds is 6. The maximum Gasteiger partial charge on any atom is 0.240 e. The Morgan fingerprint density at radius 3 is 2.95 bits per heavy atom. The van der Waals surface area contributed by atoms with E-state index in [9.17, 15) is 0 Å². The Bertz CT molecular complexity index is 542. The highest BCUT2D eigenvalue weighted by molar-refractivity contribution is 9.10. The van der Waals surface area contributed by atoms with Gasteiger partial charge in [0.1, 0.15) is 5.75 Å². The average Bonchev–Trinajstić information content (AvgIpc) is 2.88. The minimum Gasteiger partial charge on any atom is -0.496 e. The number of aromatic nitrogens is 2. The molecular formula is C13H16BrN3O2. The molecule has 2 rings (SSSR count). The van der Waals surface area contributed by atoms with Gasteiger partial charge in [-0.1, -0.05) is 12.1 Å². The molecule has 0 unspecified atom stereocenters. The summed E-state index contributed by atoms with van der Waals surface area (Å²) < 4.78 is 11.2. The molecule has 102 valence electrons. The summed E-state index contributed by atoms with van der Waals surface area (Å²) in [5, 5.41) is 7.19. The summed E-state index contributed by atoms with van der Waals surface area (Å²) in [6.45, 7) is 3.64. The number of nitrogens with one attached hydrogen (secondary N) is 1. The Hall–Kier alpha value is -1.40. The van der Waals surface area contributed by atoms with E-state index in [0.29, 0.717) is 18.3 Å². The summed E-state index contributed by atoms with van der Waals surface area (Å²) in [4.78, 5) is 4.35. The van der Waals surface area contributed by atoms with E-state index in [1.807, 2.05) is 18.2 Å². The first-order valence-electron chi connectivity index (χ1n) is 6.11. The summed E-state index contributed by atoms with van der Waals surface area (Å²) >= 11 is 3.44. The van der Waals surface area contributed by atoms with Crippen molar-refractivity contribution >= 4 is 15.9 Å². The molecule has 1 N–H and O–H groups in total. The normalized spacial score (nSPS) is 10.7. The SMILES string of the molecule is CCCNCc1nc(-c2ccc(OC)c(Br)c2)no1. The van der Waals surface area contributed by atoms with E-state index in [2.05, 4.69) is 38.3 Å². The molecule has 1 heterocycles. The fraction of sp³-hybridized carbons (Fsp3) is 0.385. The number of halogens is 1. The van der Waals surface area contributed by atoms with E-state index in [0.717, 1.165) is 28.8 Å². The Labute approximate surface area is 120 Å². The number of hydrogen-bond donors (Lipinski definition) is 1. The summed E-state index contributed by atoms with van der Waals surface area (Å²) in [7, 11) is 1.63. The Balaban J connectivity index is 2.11. The maximum atomic E-state index is 5.19. The molecule has 0 saturated carbocycles. The zero-order valence-corrected chi connectivity index (χ0v) is 12.5. The molecule has 0 saturated heterocycles. The molecule has 0 spiro atoms. The van der Waals surface area contributed by atoms with Gasteiger partial charge in [-0.25, -0.2) is 0 Å². The topological polar surface area (TPSA) is 60.2 Å². The molecule has 0 radical (unpaired) electrons. The van der Waals surface area contributed by atoms with Gasteiger partial charge in [0.15, 0.2) is 0 Å². The maximum absolute atomic E-state index is 5.19. The van der Waals surface area contributed by atoms with Crippen molar-refractivity contribution in [2.75, 3.05) is 13.7 Å². The first-order valence-corrected chi connectivity index (χ1v) is 6.91. The lowest BCUT2D eigenvalue weighted by Crippen LogP contribution is -2.13. The van der Waals surface area contributed by atoms with Gasteiger partial charge in [0.2, 0.25) is 11.7 Å². The molecule has 1 aromatic heterocycles. The van der Waals surface area contributed by atoms with Gasteiger partial charge in [-0.15, -0.1) is 0 Å².